The number of hydrogen-bond acceptors (Lipinski definition) is 5. The number of nitrogens with zero attached hydrogens (tertiary/aromatic N) is 2. The summed E-state index contributed by atoms with van der Waals surface area (Å²) in [5, 5.41) is 3.11. The molecule has 1 fully saturated rings. The van der Waals surface area contributed by atoms with Crippen molar-refractivity contribution in [3.63, 3.8) is 0 Å². The van der Waals surface area contributed by atoms with Gasteiger partial charge in [0.2, 0.25) is 11.8 Å². The Labute approximate surface area is 181 Å². The van der Waals surface area contributed by atoms with Gasteiger partial charge in [-0.05, 0) is 63.1 Å². The molecular weight excluding hydrogens is 398 g/mol. The smallest absolute Gasteiger partial charge is 0.242 e. The topological polar surface area (TPSA) is 71.0 Å². The normalized spacial score (nSPS) is 17.5. The molecule has 3 rings (SSSR count). The molecule has 1 saturated heterocycles. The highest BCUT2D eigenvalue weighted by Gasteiger charge is 2.38. The van der Waals surface area contributed by atoms with E-state index in [9.17, 15) is 9.59 Å². The lowest BCUT2D eigenvalue weighted by Crippen LogP contribution is -2.33. The fraction of sp³-hybridized carbons (Fsp3) is 0.348. The Morgan fingerprint density at radius 3 is 2.40 bits per heavy atom. The van der Waals surface area contributed by atoms with Crippen LogP contribution in [0.4, 0.5) is 11.4 Å². The summed E-state index contributed by atoms with van der Waals surface area (Å²) in [6.07, 6.45) is 0.107. The Hall–Kier alpha value is -2.80. The van der Waals surface area contributed by atoms with Crippen molar-refractivity contribution in [1.82, 2.24) is 4.90 Å². The van der Waals surface area contributed by atoms with Gasteiger partial charge in [0.1, 0.15) is 11.0 Å². The second-order valence-corrected chi connectivity index (χ2v) is 8.20. The number of carbonyl (C=O) groups is 2. The molecule has 1 heterocycles. The largest absolute Gasteiger partial charge is 0.494 e. The van der Waals surface area contributed by atoms with Crippen molar-refractivity contribution >= 4 is 40.1 Å². The van der Waals surface area contributed by atoms with Crippen LogP contribution >= 0.6 is 11.8 Å². The first-order valence-corrected chi connectivity index (χ1v) is 11.0. The Kier molecular flexibility index (Phi) is 7.15. The third-order valence-corrected chi connectivity index (χ3v) is 6.00. The maximum absolute atomic E-state index is 12.8. The van der Waals surface area contributed by atoms with Crippen molar-refractivity contribution in [2.24, 2.45) is 4.99 Å². The lowest BCUT2D eigenvalue weighted by Gasteiger charge is -2.14. The minimum absolute atomic E-state index is 0.0798. The SMILES string of the molecule is CCOc1ccc(N=C2S[C@@H](CC(=O)Nc3c(C)cccc3C)C(=O)N2CC)cc1. The molecule has 0 saturated carbocycles. The molecule has 2 amide bonds. The van der Waals surface area contributed by atoms with Crippen molar-refractivity contribution in [3.8, 4) is 5.75 Å². The molecule has 1 aliphatic rings. The average molecular weight is 426 g/mol. The molecule has 7 heteroatoms. The van der Waals surface area contributed by atoms with Crippen molar-refractivity contribution < 1.29 is 14.3 Å². The quantitative estimate of drug-likeness (QED) is 0.699. The minimum Gasteiger partial charge on any atom is -0.494 e. The number of hydrogen-bond donors (Lipinski definition) is 1. The first-order chi connectivity index (χ1) is 14.4. The van der Waals surface area contributed by atoms with Crippen LogP contribution in [-0.4, -0.2) is 40.3 Å². The van der Waals surface area contributed by atoms with Gasteiger partial charge >= 0.3 is 0 Å². The van der Waals surface area contributed by atoms with Gasteiger partial charge in [-0.25, -0.2) is 4.99 Å². The number of anilines is 1. The highest BCUT2D eigenvalue weighted by Crippen LogP contribution is 2.32. The van der Waals surface area contributed by atoms with Gasteiger partial charge in [-0.2, -0.15) is 0 Å². The number of aryl methyl sites for hydroxylation is 2. The van der Waals surface area contributed by atoms with E-state index in [-0.39, 0.29) is 18.2 Å². The second kappa shape index (κ2) is 9.80. The van der Waals surface area contributed by atoms with Crippen LogP contribution in [0.5, 0.6) is 5.75 Å². The fourth-order valence-corrected chi connectivity index (χ4v) is 4.50. The van der Waals surface area contributed by atoms with Crippen molar-refractivity contribution in [2.75, 3.05) is 18.5 Å². The summed E-state index contributed by atoms with van der Waals surface area (Å²) in [5.74, 6) is 0.533. The molecule has 30 heavy (non-hydrogen) atoms. The number of amidine groups is 1. The third kappa shape index (κ3) is 5.02. The van der Waals surface area contributed by atoms with E-state index in [2.05, 4.69) is 10.3 Å². The van der Waals surface area contributed by atoms with Crippen LogP contribution < -0.4 is 10.1 Å². The molecule has 0 aromatic heterocycles. The predicted octanol–water partition coefficient (Wildman–Crippen LogP) is 4.68. The summed E-state index contributed by atoms with van der Waals surface area (Å²) in [7, 11) is 0. The van der Waals surface area contributed by atoms with Crippen LogP contribution in [0.1, 0.15) is 31.4 Å². The second-order valence-electron chi connectivity index (χ2n) is 7.03. The van der Waals surface area contributed by atoms with Crippen LogP contribution in [0.25, 0.3) is 0 Å². The highest BCUT2D eigenvalue weighted by atomic mass is 32.2. The first kappa shape index (κ1) is 21.9. The van der Waals surface area contributed by atoms with Gasteiger partial charge in [-0.15, -0.1) is 0 Å². The van der Waals surface area contributed by atoms with Gasteiger partial charge in [0.15, 0.2) is 5.17 Å². The van der Waals surface area contributed by atoms with E-state index in [1.807, 2.05) is 70.2 Å². The highest BCUT2D eigenvalue weighted by molar-refractivity contribution is 8.15. The molecule has 0 bridgehead atoms. The predicted molar refractivity (Wildman–Crippen MR) is 123 cm³/mol. The number of para-hydroxylation sites is 1. The first-order valence-electron chi connectivity index (χ1n) is 10.1. The van der Waals surface area contributed by atoms with Crippen molar-refractivity contribution in [1.29, 1.82) is 0 Å². The van der Waals surface area contributed by atoms with Crippen LogP contribution in [0.3, 0.4) is 0 Å². The minimum atomic E-state index is -0.476. The summed E-state index contributed by atoms with van der Waals surface area (Å²) in [5.41, 5.74) is 3.56. The molecule has 0 radical (unpaired) electrons. The number of nitrogens with one attached hydrogen (secondary N) is 1. The summed E-state index contributed by atoms with van der Waals surface area (Å²) >= 11 is 1.34. The van der Waals surface area contributed by atoms with Crippen LogP contribution in [0.2, 0.25) is 0 Å². The third-order valence-electron chi connectivity index (χ3n) is 4.83. The Morgan fingerprint density at radius 2 is 1.80 bits per heavy atom. The summed E-state index contributed by atoms with van der Waals surface area (Å²) in [6.45, 7) is 8.87. The van der Waals surface area contributed by atoms with E-state index in [0.29, 0.717) is 18.3 Å². The monoisotopic (exact) mass is 425 g/mol. The lowest BCUT2D eigenvalue weighted by atomic mass is 10.1. The maximum Gasteiger partial charge on any atom is 0.242 e. The zero-order valence-corrected chi connectivity index (χ0v) is 18.6. The van der Waals surface area contributed by atoms with Gasteiger partial charge < -0.3 is 10.1 Å². The molecule has 0 unspecified atom stereocenters. The Morgan fingerprint density at radius 1 is 1.13 bits per heavy atom. The van der Waals surface area contributed by atoms with Gasteiger partial charge in [-0.1, -0.05) is 30.0 Å². The number of rotatable bonds is 7. The molecule has 1 aliphatic heterocycles. The average Bonchev–Trinajstić information content (AvgIpc) is 3.00. The van der Waals surface area contributed by atoms with E-state index in [1.54, 1.807) is 4.90 Å². The number of carbonyl (C=O) groups excluding carboxylic acids is 2. The lowest BCUT2D eigenvalue weighted by molar-refractivity contribution is -0.128. The van der Waals surface area contributed by atoms with Gasteiger partial charge in [-0.3, -0.25) is 14.5 Å². The van der Waals surface area contributed by atoms with E-state index in [4.69, 9.17) is 4.74 Å². The maximum atomic E-state index is 12.8. The van der Waals surface area contributed by atoms with Crippen LogP contribution in [0, 0.1) is 13.8 Å². The molecule has 1 N–H and O–H groups in total. The zero-order chi connectivity index (χ0) is 21.7. The summed E-state index contributed by atoms with van der Waals surface area (Å²) in [6, 6.07) is 13.3. The molecule has 2 aromatic carbocycles. The molecular formula is C23H27N3O3S. The molecule has 0 spiro atoms. The summed E-state index contributed by atoms with van der Waals surface area (Å²) < 4.78 is 5.45. The number of amides is 2. The van der Waals surface area contributed by atoms with Crippen molar-refractivity contribution in [3.05, 3.63) is 53.6 Å². The molecule has 1 atom stereocenters. The van der Waals surface area contributed by atoms with Gasteiger partial charge in [0.25, 0.3) is 0 Å². The molecule has 2 aromatic rings. The Bertz CT molecular complexity index is 936. The van der Waals surface area contributed by atoms with Crippen molar-refractivity contribution in [2.45, 2.75) is 39.4 Å². The van der Waals surface area contributed by atoms with E-state index in [1.165, 1.54) is 11.8 Å². The molecule has 0 aliphatic carbocycles. The van der Waals surface area contributed by atoms with Crippen LogP contribution in [0.15, 0.2) is 47.5 Å². The Balaban J connectivity index is 1.71. The zero-order valence-electron chi connectivity index (χ0n) is 17.8. The number of benzene rings is 2. The van der Waals surface area contributed by atoms with E-state index >= 15 is 0 Å². The number of ether oxygens (including phenoxy) is 1. The van der Waals surface area contributed by atoms with Gasteiger partial charge in [0, 0.05) is 18.7 Å². The van der Waals surface area contributed by atoms with E-state index < -0.39 is 5.25 Å². The van der Waals surface area contributed by atoms with Crippen LogP contribution in [-0.2, 0) is 9.59 Å². The fourth-order valence-electron chi connectivity index (χ4n) is 3.28. The van der Waals surface area contributed by atoms with Gasteiger partial charge in [0.05, 0.1) is 12.3 Å². The standard InChI is InChI=1S/C23H27N3O3S/c1-5-26-22(28)19(14-20(27)25-21-15(3)8-7-9-16(21)4)30-23(26)24-17-10-12-18(13-11-17)29-6-2/h7-13,19H,5-6,14H2,1-4H3,(H,25,27)/t19-/m0/s1. The number of aliphatic imine (C=N–C) groups is 1. The molecule has 6 nitrogen and oxygen atoms in total. The van der Waals surface area contributed by atoms with E-state index in [0.717, 1.165) is 28.3 Å². The molecule has 158 valence electrons. The summed E-state index contributed by atoms with van der Waals surface area (Å²) in [4.78, 5) is 31.7. The number of thioether (sulfide) groups is 1.